The first-order valence-electron chi connectivity index (χ1n) is 7.08. The Bertz CT molecular complexity index is 295. The van der Waals surface area contributed by atoms with E-state index >= 15 is 0 Å². The standard InChI is InChI=1S/C14H22O2.C2H6/c1-4-9-15-13-6-5-7-14(11-13)16-10-8-12(2)3;1-2/h5-7,11-12H,4,8-10H2,1-3H3;1-2H3. The molecule has 0 aliphatic heterocycles. The lowest BCUT2D eigenvalue weighted by molar-refractivity contribution is 0.283. The van der Waals surface area contributed by atoms with Crippen molar-refractivity contribution in [1.82, 2.24) is 0 Å². The summed E-state index contributed by atoms with van der Waals surface area (Å²) in [5, 5.41) is 0. The molecule has 2 heteroatoms. The molecule has 0 amide bonds. The van der Waals surface area contributed by atoms with Crippen LogP contribution in [0.2, 0.25) is 0 Å². The lowest BCUT2D eigenvalue weighted by Crippen LogP contribution is -2.01. The van der Waals surface area contributed by atoms with Crippen LogP contribution in [0.3, 0.4) is 0 Å². The topological polar surface area (TPSA) is 18.5 Å². The van der Waals surface area contributed by atoms with Crippen molar-refractivity contribution >= 4 is 0 Å². The third kappa shape index (κ3) is 7.99. The summed E-state index contributed by atoms with van der Waals surface area (Å²) in [7, 11) is 0. The van der Waals surface area contributed by atoms with Gasteiger partial charge >= 0.3 is 0 Å². The molecule has 0 aliphatic carbocycles. The molecule has 0 saturated carbocycles. The minimum atomic E-state index is 0.680. The normalized spacial score (nSPS) is 9.67. The highest BCUT2D eigenvalue weighted by atomic mass is 16.5. The molecule has 1 rings (SSSR count). The monoisotopic (exact) mass is 252 g/mol. The third-order valence-electron chi connectivity index (χ3n) is 2.24. The second kappa shape index (κ2) is 10.9. The first-order chi connectivity index (χ1) is 8.72. The van der Waals surface area contributed by atoms with E-state index in [1.165, 1.54) is 0 Å². The molecule has 0 aromatic heterocycles. The molecular formula is C16H28O2. The Morgan fingerprint density at radius 1 is 1.00 bits per heavy atom. The number of rotatable bonds is 7. The van der Waals surface area contributed by atoms with Gasteiger partial charge in [0.05, 0.1) is 13.2 Å². The summed E-state index contributed by atoms with van der Waals surface area (Å²) < 4.78 is 11.2. The summed E-state index contributed by atoms with van der Waals surface area (Å²) in [5.74, 6) is 2.47. The van der Waals surface area contributed by atoms with E-state index in [9.17, 15) is 0 Å². The molecule has 1 aromatic rings. The lowest BCUT2D eigenvalue weighted by atomic mass is 10.1. The van der Waals surface area contributed by atoms with Gasteiger partial charge in [-0.15, -0.1) is 0 Å². The molecule has 0 fully saturated rings. The highest BCUT2D eigenvalue weighted by Crippen LogP contribution is 2.20. The fraction of sp³-hybridized carbons (Fsp3) is 0.625. The summed E-state index contributed by atoms with van der Waals surface area (Å²) in [6, 6.07) is 7.86. The van der Waals surface area contributed by atoms with Crippen LogP contribution in [0.1, 0.15) is 47.5 Å². The van der Waals surface area contributed by atoms with Crippen LogP contribution in [0, 0.1) is 5.92 Å². The zero-order valence-electron chi connectivity index (χ0n) is 12.5. The predicted octanol–water partition coefficient (Wildman–Crippen LogP) is 4.93. The number of hydrogen-bond acceptors (Lipinski definition) is 2. The van der Waals surface area contributed by atoms with Crippen LogP contribution in [0.5, 0.6) is 11.5 Å². The minimum absolute atomic E-state index is 0.680. The highest BCUT2D eigenvalue weighted by molar-refractivity contribution is 5.32. The summed E-state index contributed by atoms with van der Waals surface area (Å²) in [6.07, 6.45) is 2.11. The lowest BCUT2D eigenvalue weighted by Gasteiger charge is -2.10. The molecule has 0 spiro atoms. The molecule has 0 saturated heterocycles. The Morgan fingerprint density at radius 2 is 1.56 bits per heavy atom. The first kappa shape index (κ1) is 16.8. The highest BCUT2D eigenvalue weighted by Gasteiger charge is 1.99. The molecule has 18 heavy (non-hydrogen) atoms. The van der Waals surface area contributed by atoms with E-state index in [4.69, 9.17) is 9.47 Å². The van der Waals surface area contributed by atoms with Crippen LogP contribution in [-0.2, 0) is 0 Å². The Kier molecular flexibility index (Phi) is 10.2. The Hall–Kier alpha value is -1.18. The molecule has 0 aliphatic rings. The summed E-state index contributed by atoms with van der Waals surface area (Å²) in [5.41, 5.74) is 0. The smallest absolute Gasteiger partial charge is 0.122 e. The minimum Gasteiger partial charge on any atom is -0.493 e. The van der Waals surface area contributed by atoms with Crippen LogP contribution < -0.4 is 9.47 Å². The van der Waals surface area contributed by atoms with Gasteiger partial charge in [-0.05, 0) is 30.9 Å². The van der Waals surface area contributed by atoms with E-state index < -0.39 is 0 Å². The van der Waals surface area contributed by atoms with Crippen LogP contribution >= 0.6 is 0 Å². The molecule has 0 heterocycles. The van der Waals surface area contributed by atoms with E-state index in [1.54, 1.807) is 0 Å². The van der Waals surface area contributed by atoms with Gasteiger partial charge in [-0.2, -0.15) is 0 Å². The molecular weight excluding hydrogens is 224 g/mol. The van der Waals surface area contributed by atoms with Crippen molar-refractivity contribution in [2.75, 3.05) is 13.2 Å². The van der Waals surface area contributed by atoms with Crippen molar-refractivity contribution in [3.63, 3.8) is 0 Å². The Morgan fingerprint density at radius 3 is 2.06 bits per heavy atom. The van der Waals surface area contributed by atoms with Gasteiger partial charge in [0.15, 0.2) is 0 Å². The average molecular weight is 252 g/mol. The molecule has 104 valence electrons. The van der Waals surface area contributed by atoms with Gasteiger partial charge in [-0.3, -0.25) is 0 Å². The molecule has 0 bridgehead atoms. The Labute approximate surface area is 112 Å². The van der Waals surface area contributed by atoms with Gasteiger partial charge in [0.2, 0.25) is 0 Å². The maximum absolute atomic E-state index is 5.66. The fourth-order valence-corrected chi connectivity index (χ4v) is 1.29. The van der Waals surface area contributed by atoms with Crippen molar-refractivity contribution in [1.29, 1.82) is 0 Å². The maximum Gasteiger partial charge on any atom is 0.122 e. The van der Waals surface area contributed by atoms with Crippen molar-refractivity contribution in [2.24, 2.45) is 5.92 Å². The van der Waals surface area contributed by atoms with Crippen molar-refractivity contribution in [3.05, 3.63) is 24.3 Å². The molecule has 1 aromatic carbocycles. The van der Waals surface area contributed by atoms with Crippen molar-refractivity contribution < 1.29 is 9.47 Å². The molecule has 0 atom stereocenters. The predicted molar refractivity (Wildman–Crippen MR) is 78.5 cm³/mol. The van der Waals surface area contributed by atoms with Gasteiger partial charge in [0.25, 0.3) is 0 Å². The molecule has 0 unspecified atom stereocenters. The van der Waals surface area contributed by atoms with Crippen LogP contribution in [-0.4, -0.2) is 13.2 Å². The van der Waals surface area contributed by atoms with Crippen LogP contribution in [0.15, 0.2) is 24.3 Å². The van der Waals surface area contributed by atoms with Crippen LogP contribution in [0.4, 0.5) is 0 Å². The quantitative estimate of drug-likeness (QED) is 0.685. The first-order valence-corrected chi connectivity index (χ1v) is 7.08. The van der Waals surface area contributed by atoms with Gasteiger partial charge in [0, 0.05) is 6.07 Å². The van der Waals surface area contributed by atoms with E-state index in [-0.39, 0.29) is 0 Å². The van der Waals surface area contributed by atoms with Gasteiger partial charge in [0.1, 0.15) is 11.5 Å². The molecule has 0 N–H and O–H groups in total. The van der Waals surface area contributed by atoms with E-state index in [0.29, 0.717) is 5.92 Å². The largest absolute Gasteiger partial charge is 0.493 e. The van der Waals surface area contributed by atoms with E-state index in [0.717, 1.165) is 37.6 Å². The van der Waals surface area contributed by atoms with E-state index in [2.05, 4.69) is 20.8 Å². The fourth-order valence-electron chi connectivity index (χ4n) is 1.29. The zero-order chi connectivity index (χ0) is 13.8. The third-order valence-corrected chi connectivity index (χ3v) is 2.24. The summed E-state index contributed by atoms with van der Waals surface area (Å²) in [4.78, 5) is 0. The van der Waals surface area contributed by atoms with Crippen molar-refractivity contribution in [3.8, 4) is 11.5 Å². The number of hydrogen-bond donors (Lipinski definition) is 0. The maximum atomic E-state index is 5.66. The summed E-state index contributed by atoms with van der Waals surface area (Å²) >= 11 is 0. The Balaban J connectivity index is 0.00000137. The van der Waals surface area contributed by atoms with Gasteiger partial charge < -0.3 is 9.47 Å². The number of ether oxygens (including phenoxy) is 2. The van der Waals surface area contributed by atoms with Gasteiger partial charge in [-0.25, -0.2) is 0 Å². The van der Waals surface area contributed by atoms with Gasteiger partial charge in [-0.1, -0.05) is 40.7 Å². The molecule has 2 nitrogen and oxygen atoms in total. The average Bonchev–Trinajstić information content (AvgIpc) is 2.39. The second-order valence-corrected chi connectivity index (χ2v) is 4.35. The van der Waals surface area contributed by atoms with E-state index in [1.807, 2.05) is 38.1 Å². The zero-order valence-corrected chi connectivity index (χ0v) is 12.5. The number of benzene rings is 1. The van der Waals surface area contributed by atoms with Crippen molar-refractivity contribution in [2.45, 2.75) is 47.5 Å². The SMILES string of the molecule is CC.CCCOc1cccc(OCCC(C)C)c1. The molecule has 0 radical (unpaired) electrons. The van der Waals surface area contributed by atoms with Crippen LogP contribution in [0.25, 0.3) is 0 Å². The second-order valence-electron chi connectivity index (χ2n) is 4.35. The summed E-state index contributed by atoms with van der Waals surface area (Å²) in [6.45, 7) is 12.0.